The second kappa shape index (κ2) is 4.79. The first-order chi connectivity index (χ1) is 10.2. The number of carbonyl (C=O) groups is 1. The fourth-order valence-electron chi connectivity index (χ4n) is 2.69. The van der Waals surface area contributed by atoms with Crippen LogP contribution in [0.25, 0.3) is 11.0 Å². The van der Waals surface area contributed by atoms with E-state index in [1.165, 1.54) is 0 Å². The number of nitrogens with zero attached hydrogens (tertiary/aromatic N) is 2. The Balaban J connectivity index is 1.95. The molecular weight excluding hydrogens is 308 g/mol. The molecule has 1 aliphatic heterocycles. The van der Waals surface area contributed by atoms with Crippen molar-refractivity contribution >= 4 is 40.3 Å². The van der Waals surface area contributed by atoms with Gasteiger partial charge in [-0.25, -0.2) is 0 Å². The third-order valence-corrected chi connectivity index (χ3v) is 4.44. The van der Waals surface area contributed by atoms with Crippen LogP contribution in [-0.2, 0) is 4.79 Å². The number of hydrogen-bond acceptors (Lipinski definition) is 5. The summed E-state index contributed by atoms with van der Waals surface area (Å²) in [5.41, 5.74) is 3.60. The lowest BCUT2D eigenvalue weighted by molar-refractivity contribution is -0.135. The lowest BCUT2D eigenvalue weighted by atomic mass is 9.85. The van der Waals surface area contributed by atoms with Crippen LogP contribution in [0.1, 0.15) is 23.5 Å². The van der Waals surface area contributed by atoms with Crippen LogP contribution in [-0.4, -0.2) is 14.7 Å². The zero-order valence-electron chi connectivity index (χ0n) is 10.7. The number of fused-ring (bicyclic) bond motifs is 3. The lowest BCUT2D eigenvalue weighted by Crippen LogP contribution is -2.21. The summed E-state index contributed by atoms with van der Waals surface area (Å²) in [7, 11) is 0. The summed E-state index contributed by atoms with van der Waals surface area (Å²) in [6.45, 7) is 0. The van der Waals surface area contributed by atoms with Crippen molar-refractivity contribution in [3.8, 4) is 5.75 Å². The number of aromatic nitrogens is 2. The minimum Gasteiger partial charge on any atom is -0.426 e. The van der Waals surface area contributed by atoms with Gasteiger partial charge in [0.15, 0.2) is 0 Å². The first-order valence-electron chi connectivity index (χ1n) is 6.43. The van der Waals surface area contributed by atoms with E-state index >= 15 is 0 Å². The van der Waals surface area contributed by atoms with Crippen LogP contribution in [0.5, 0.6) is 5.75 Å². The number of halogens is 1. The van der Waals surface area contributed by atoms with Gasteiger partial charge in [-0.2, -0.15) is 8.75 Å². The van der Waals surface area contributed by atoms with Crippen molar-refractivity contribution < 1.29 is 9.53 Å². The maximum atomic E-state index is 11.9. The van der Waals surface area contributed by atoms with E-state index in [9.17, 15) is 4.79 Å². The average molecular weight is 317 g/mol. The van der Waals surface area contributed by atoms with Crippen LogP contribution in [0.2, 0.25) is 5.02 Å². The Labute approximate surface area is 129 Å². The van der Waals surface area contributed by atoms with Crippen LogP contribution in [0.4, 0.5) is 0 Å². The van der Waals surface area contributed by atoms with Gasteiger partial charge < -0.3 is 4.74 Å². The Morgan fingerprint density at radius 1 is 1.14 bits per heavy atom. The molecule has 2 heterocycles. The van der Waals surface area contributed by atoms with Crippen molar-refractivity contribution in [3.05, 3.63) is 52.5 Å². The maximum Gasteiger partial charge on any atom is 0.312 e. The second-order valence-corrected chi connectivity index (χ2v) is 5.86. The average Bonchev–Trinajstić information content (AvgIpc) is 2.95. The predicted molar refractivity (Wildman–Crippen MR) is 81.0 cm³/mol. The fraction of sp³-hybridized carbons (Fsp3) is 0.133. The van der Waals surface area contributed by atoms with Crippen LogP contribution in [0.3, 0.4) is 0 Å². The van der Waals surface area contributed by atoms with Gasteiger partial charge in [-0.1, -0.05) is 23.7 Å². The van der Waals surface area contributed by atoms with Crippen molar-refractivity contribution in [1.29, 1.82) is 0 Å². The molecule has 0 saturated carbocycles. The van der Waals surface area contributed by atoms with E-state index in [1.54, 1.807) is 6.07 Å². The molecule has 0 radical (unpaired) electrons. The first-order valence-corrected chi connectivity index (χ1v) is 7.54. The largest absolute Gasteiger partial charge is 0.426 e. The highest BCUT2D eigenvalue weighted by Crippen LogP contribution is 2.42. The highest BCUT2D eigenvalue weighted by atomic mass is 35.5. The zero-order chi connectivity index (χ0) is 14.4. The minimum absolute atomic E-state index is 0.0777. The molecule has 4 nitrogen and oxygen atoms in total. The Morgan fingerprint density at radius 3 is 2.76 bits per heavy atom. The van der Waals surface area contributed by atoms with E-state index < -0.39 is 0 Å². The summed E-state index contributed by atoms with van der Waals surface area (Å²) in [6, 6.07) is 11.2. The molecule has 0 aliphatic carbocycles. The minimum atomic E-state index is -0.231. The van der Waals surface area contributed by atoms with Gasteiger partial charge in [0.05, 0.1) is 18.1 Å². The zero-order valence-corrected chi connectivity index (χ0v) is 12.3. The molecule has 0 N–H and O–H groups in total. The van der Waals surface area contributed by atoms with Crippen molar-refractivity contribution in [2.45, 2.75) is 12.3 Å². The molecule has 0 saturated heterocycles. The summed E-state index contributed by atoms with van der Waals surface area (Å²) in [5, 5.41) is 0.672. The lowest BCUT2D eigenvalue weighted by Gasteiger charge is -2.24. The summed E-state index contributed by atoms with van der Waals surface area (Å²) < 4.78 is 14.0. The van der Waals surface area contributed by atoms with E-state index in [4.69, 9.17) is 16.3 Å². The topological polar surface area (TPSA) is 52.1 Å². The molecule has 3 aromatic rings. The van der Waals surface area contributed by atoms with Gasteiger partial charge in [-0.05, 0) is 29.8 Å². The molecule has 21 heavy (non-hydrogen) atoms. The molecule has 1 aliphatic rings. The van der Waals surface area contributed by atoms with Gasteiger partial charge >= 0.3 is 5.97 Å². The smallest absolute Gasteiger partial charge is 0.312 e. The van der Waals surface area contributed by atoms with E-state index in [-0.39, 0.29) is 11.9 Å². The quantitative estimate of drug-likeness (QED) is 0.506. The Morgan fingerprint density at radius 2 is 1.95 bits per heavy atom. The predicted octanol–water partition coefficient (Wildman–Crippen LogP) is 3.79. The van der Waals surface area contributed by atoms with Gasteiger partial charge in [0.2, 0.25) is 0 Å². The molecule has 6 heteroatoms. The van der Waals surface area contributed by atoms with E-state index in [2.05, 4.69) is 8.75 Å². The number of rotatable bonds is 1. The van der Waals surface area contributed by atoms with Crippen molar-refractivity contribution in [3.63, 3.8) is 0 Å². The van der Waals surface area contributed by atoms with Crippen LogP contribution >= 0.6 is 23.3 Å². The molecule has 1 atom stereocenters. The van der Waals surface area contributed by atoms with E-state index in [1.807, 2.05) is 30.3 Å². The molecule has 104 valence electrons. The number of esters is 1. The third-order valence-electron chi connectivity index (χ3n) is 3.64. The Bertz CT molecular complexity index is 845. The molecule has 4 rings (SSSR count). The van der Waals surface area contributed by atoms with Crippen molar-refractivity contribution in [2.75, 3.05) is 0 Å². The second-order valence-electron chi connectivity index (χ2n) is 4.89. The van der Waals surface area contributed by atoms with Gasteiger partial charge in [-0.15, -0.1) is 0 Å². The van der Waals surface area contributed by atoms with Gasteiger partial charge in [0, 0.05) is 16.5 Å². The Kier molecular flexibility index (Phi) is 2.90. The number of ether oxygens (including phenoxy) is 1. The highest BCUT2D eigenvalue weighted by molar-refractivity contribution is 7.00. The normalized spacial score (nSPS) is 17.6. The van der Waals surface area contributed by atoms with Gasteiger partial charge in [0.1, 0.15) is 16.8 Å². The number of benzene rings is 2. The number of hydrogen-bond donors (Lipinski definition) is 0. The molecule has 0 spiro atoms. The van der Waals surface area contributed by atoms with Gasteiger partial charge in [0.25, 0.3) is 0 Å². The monoisotopic (exact) mass is 316 g/mol. The van der Waals surface area contributed by atoms with Crippen LogP contribution < -0.4 is 4.74 Å². The summed E-state index contributed by atoms with van der Waals surface area (Å²) >= 11 is 7.11. The highest BCUT2D eigenvalue weighted by Gasteiger charge is 2.31. The Hall–Kier alpha value is -1.98. The summed E-state index contributed by atoms with van der Waals surface area (Å²) in [4.78, 5) is 11.9. The van der Waals surface area contributed by atoms with E-state index in [0.29, 0.717) is 17.2 Å². The number of carbonyl (C=O) groups excluding carboxylic acids is 1. The van der Waals surface area contributed by atoms with Crippen molar-refractivity contribution in [1.82, 2.24) is 8.75 Å². The molecule has 1 unspecified atom stereocenters. The maximum absolute atomic E-state index is 11.9. The SMILES string of the molecule is O=C1CC(c2ccc(Cl)cc2)c2c(ccc3nsnc23)O1. The first kappa shape index (κ1) is 12.7. The van der Waals surface area contributed by atoms with Gasteiger partial charge in [-0.3, -0.25) is 4.79 Å². The van der Waals surface area contributed by atoms with E-state index in [0.717, 1.165) is 33.9 Å². The third kappa shape index (κ3) is 2.09. The molecule has 0 fully saturated rings. The molecule has 0 bridgehead atoms. The van der Waals surface area contributed by atoms with Crippen LogP contribution in [0, 0.1) is 0 Å². The molecular formula is C15H9ClN2O2S. The van der Waals surface area contributed by atoms with Crippen molar-refractivity contribution in [2.24, 2.45) is 0 Å². The fourth-order valence-corrected chi connectivity index (χ4v) is 3.37. The molecule has 0 amide bonds. The standard InChI is InChI=1S/C15H9ClN2O2S/c16-9-3-1-8(2-4-9)10-7-13(19)20-12-6-5-11-15(14(10)12)18-21-17-11/h1-6,10H,7H2. The summed E-state index contributed by atoms with van der Waals surface area (Å²) in [5.74, 6) is 0.266. The summed E-state index contributed by atoms with van der Waals surface area (Å²) in [6.07, 6.45) is 0.297. The molecule has 2 aromatic carbocycles. The molecule has 1 aromatic heterocycles. The van der Waals surface area contributed by atoms with Crippen LogP contribution in [0.15, 0.2) is 36.4 Å².